The van der Waals surface area contributed by atoms with Crippen molar-refractivity contribution in [2.45, 2.75) is 33.4 Å². The van der Waals surface area contributed by atoms with Gasteiger partial charge in [0.2, 0.25) is 0 Å². The predicted molar refractivity (Wildman–Crippen MR) is 114 cm³/mol. The molecule has 4 aromatic rings. The third-order valence-electron chi connectivity index (χ3n) is 4.64. The molecule has 0 saturated carbocycles. The van der Waals surface area contributed by atoms with Crippen LogP contribution in [-0.2, 0) is 13.1 Å². The van der Waals surface area contributed by atoms with Crippen LogP contribution in [0.25, 0.3) is 10.6 Å². The maximum absolute atomic E-state index is 4.96. The second-order valence-corrected chi connectivity index (χ2v) is 8.35. The SMILES string of the molecule is Cc1ccc(N=c2scc(-c3cccs3)n2CCCn2ccnc2)cc1C. The third kappa shape index (κ3) is 4.12. The molecule has 6 heteroatoms. The minimum absolute atomic E-state index is 0.929. The molecule has 138 valence electrons. The first-order valence-corrected chi connectivity index (χ1v) is 10.8. The summed E-state index contributed by atoms with van der Waals surface area (Å²) in [6, 6.07) is 10.7. The summed E-state index contributed by atoms with van der Waals surface area (Å²) < 4.78 is 4.47. The van der Waals surface area contributed by atoms with Gasteiger partial charge in [-0.15, -0.1) is 22.7 Å². The Hall–Kier alpha value is -2.44. The van der Waals surface area contributed by atoms with Gasteiger partial charge in [0.15, 0.2) is 4.80 Å². The molecule has 0 aliphatic rings. The predicted octanol–water partition coefficient (Wildman–Crippen LogP) is 5.41. The molecule has 0 bridgehead atoms. The fourth-order valence-corrected chi connectivity index (χ4v) is 4.76. The molecule has 0 saturated heterocycles. The molecule has 4 rings (SSSR count). The van der Waals surface area contributed by atoms with E-state index in [9.17, 15) is 0 Å². The second kappa shape index (κ2) is 8.06. The van der Waals surface area contributed by atoms with Crippen LogP contribution in [0.5, 0.6) is 0 Å². The van der Waals surface area contributed by atoms with E-state index in [4.69, 9.17) is 4.99 Å². The molecule has 0 atom stereocenters. The molecule has 1 aromatic carbocycles. The summed E-state index contributed by atoms with van der Waals surface area (Å²) in [6.45, 7) is 6.16. The first kappa shape index (κ1) is 17.9. The van der Waals surface area contributed by atoms with Crippen molar-refractivity contribution in [1.29, 1.82) is 0 Å². The van der Waals surface area contributed by atoms with Crippen LogP contribution in [0.1, 0.15) is 17.5 Å². The standard InChI is InChI=1S/C21H22N4S2/c1-16-6-7-18(13-17(16)2)23-21-25(10-4-9-24-11-8-22-15-24)19(14-27-21)20-5-3-12-26-20/h3,5-8,11-15H,4,9-10H2,1-2H3. The Morgan fingerprint density at radius 1 is 1.07 bits per heavy atom. The number of imidazole rings is 1. The van der Waals surface area contributed by atoms with E-state index in [1.807, 2.05) is 18.7 Å². The van der Waals surface area contributed by atoms with E-state index >= 15 is 0 Å². The van der Waals surface area contributed by atoms with Gasteiger partial charge in [-0.25, -0.2) is 9.98 Å². The van der Waals surface area contributed by atoms with E-state index in [1.54, 1.807) is 22.7 Å². The molecular weight excluding hydrogens is 372 g/mol. The molecule has 27 heavy (non-hydrogen) atoms. The lowest BCUT2D eigenvalue weighted by molar-refractivity contribution is 0.559. The highest BCUT2D eigenvalue weighted by molar-refractivity contribution is 7.14. The van der Waals surface area contributed by atoms with Crippen LogP contribution in [0.2, 0.25) is 0 Å². The van der Waals surface area contributed by atoms with Gasteiger partial charge in [0.1, 0.15) is 0 Å². The summed E-state index contributed by atoms with van der Waals surface area (Å²) in [4.78, 5) is 11.4. The first-order chi connectivity index (χ1) is 13.2. The fourth-order valence-electron chi connectivity index (χ4n) is 2.99. The third-order valence-corrected chi connectivity index (χ3v) is 6.40. The number of hydrogen-bond donors (Lipinski definition) is 0. The van der Waals surface area contributed by atoms with Gasteiger partial charge in [-0.2, -0.15) is 0 Å². The molecule has 0 aliphatic carbocycles. The summed E-state index contributed by atoms with van der Waals surface area (Å²) in [6.07, 6.45) is 6.75. The van der Waals surface area contributed by atoms with Gasteiger partial charge in [-0.05, 0) is 55.0 Å². The fraction of sp³-hybridized carbons (Fsp3) is 0.238. The molecule has 0 spiro atoms. The Balaban J connectivity index is 1.67. The lowest BCUT2D eigenvalue weighted by Crippen LogP contribution is -2.16. The van der Waals surface area contributed by atoms with Gasteiger partial charge in [0, 0.05) is 30.9 Å². The van der Waals surface area contributed by atoms with E-state index < -0.39 is 0 Å². The number of hydrogen-bond acceptors (Lipinski definition) is 4. The summed E-state index contributed by atoms with van der Waals surface area (Å²) in [5.74, 6) is 0. The first-order valence-electron chi connectivity index (χ1n) is 9.00. The van der Waals surface area contributed by atoms with Crippen molar-refractivity contribution < 1.29 is 0 Å². The highest BCUT2D eigenvalue weighted by Gasteiger charge is 2.09. The van der Waals surface area contributed by atoms with Gasteiger partial charge in [-0.1, -0.05) is 12.1 Å². The number of nitrogens with zero attached hydrogens (tertiary/aromatic N) is 4. The van der Waals surface area contributed by atoms with Gasteiger partial charge < -0.3 is 9.13 Å². The smallest absolute Gasteiger partial charge is 0.190 e. The van der Waals surface area contributed by atoms with Gasteiger partial charge in [0.25, 0.3) is 0 Å². The molecule has 3 aromatic heterocycles. The highest BCUT2D eigenvalue weighted by Crippen LogP contribution is 2.26. The van der Waals surface area contributed by atoms with Crippen LogP contribution < -0.4 is 4.80 Å². The van der Waals surface area contributed by atoms with Crippen molar-refractivity contribution in [3.8, 4) is 10.6 Å². The van der Waals surface area contributed by atoms with Crippen molar-refractivity contribution >= 4 is 28.4 Å². The van der Waals surface area contributed by atoms with Crippen LogP contribution in [-0.4, -0.2) is 14.1 Å². The van der Waals surface area contributed by atoms with Crippen LogP contribution in [0.4, 0.5) is 5.69 Å². The lowest BCUT2D eigenvalue weighted by Gasteiger charge is -2.09. The van der Waals surface area contributed by atoms with Crippen molar-refractivity contribution in [3.63, 3.8) is 0 Å². The Morgan fingerprint density at radius 2 is 2.00 bits per heavy atom. The minimum atomic E-state index is 0.929. The molecule has 0 fully saturated rings. The van der Waals surface area contributed by atoms with Crippen LogP contribution in [0, 0.1) is 13.8 Å². The Bertz CT molecular complexity index is 1070. The van der Waals surface area contributed by atoms with Crippen molar-refractivity contribution in [2.24, 2.45) is 4.99 Å². The number of thiazole rings is 1. The van der Waals surface area contributed by atoms with E-state index in [1.165, 1.54) is 21.7 Å². The molecule has 0 aliphatic heterocycles. The van der Waals surface area contributed by atoms with E-state index in [-0.39, 0.29) is 0 Å². The Morgan fingerprint density at radius 3 is 2.74 bits per heavy atom. The summed E-state index contributed by atoms with van der Waals surface area (Å²) in [5.41, 5.74) is 4.84. The zero-order valence-electron chi connectivity index (χ0n) is 15.5. The van der Waals surface area contributed by atoms with E-state index in [2.05, 4.69) is 69.1 Å². The Kier molecular flexibility index (Phi) is 5.36. The number of benzene rings is 1. The molecule has 0 radical (unpaired) electrons. The van der Waals surface area contributed by atoms with Crippen molar-refractivity contribution in [1.82, 2.24) is 14.1 Å². The monoisotopic (exact) mass is 394 g/mol. The van der Waals surface area contributed by atoms with E-state index in [0.29, 0.717) is 0 Å². The normalized spacial score (nSPS) is 12.0. The molecule has 0 N–H and O–H groups in total. The molecule has 4 nitrogen and oxygen atoms in total. The molecule has 3 heterocycles. The van der Waals surface area contributed by atoms with Gasteiger partial charge in [-0.3, -0.25) is 0 Å². The Labute approximate surface area is 167 Å². The number of thiophene rings is 1. The summed E-state index contributed by atoms with van der Waals surface area (Å²) in [5, 5.41) is 4.35. The van der Waals surface area contributed by atoms with Gasteiger partial charge in [0.05, 0.1) is 22.6 Å². The van der Waals surface area contributed by atoms with E-state index in [0.717, 1.165) is 30.0 Å². The lowest BCUT2D eigenvalue weighted by atomic mass is 10.1. The van der Waals surface area contributed by atoms with Crippen LogP contribution in [0.15, 0.2) is 64.8 Å². The number of aromatic nitrogens is 3. The van der Waals surface area contributed by atoms with Crippen LogP contribution >= 0.6 is 22.7 Å². The van der Waals surface area contributed by atoms with Crippen LogP contribution in [0.3, 0.4) is 0 Å². The minimum Gasteiger partial charge on any atom is -0.337 e. The quantitative estimate of drug-likeness (QED) is 0.430. The number of rotatable bonds is 6. The second-order valence-electron chi connectivity index (χ2n) is 6.57. The molecule has 0 unspecified atom stereocenters. The maximum Gasteiger partial charge on any atom is 0.190 e. The zero-order valence-corrected chi connectivity index (χ0v) is 17.1. The average Bonchev–Trinajstić information content (AvgIpc) is 3.41. The molecular formula is C21H22N4S2. The summed E-state index contributed by atoms with van der Waals surface area (Å²) >= 11 is 3.49. The topological polar surface area (TPSA) is 35.1 Å². The highest BCUT2D eigenvalue weighted by atomic mass is 32.1. The van der Waals surface area contributed by atoms with Gasteiger partial charge >= 0.3 is 0 Å². The largest absolute Gasteiger partial charge is 0.337 e. The summed E-state index contributed by atoms with van der Waals surface area (Å²) in [7, 11) is 0. The zero-order chi connectivity index (χ0) is 18.6. The maximum atomic E-state index is 4.96. The van der Waals surface area contributed by atoms with Crippen molar-refractivity contribution in [3.05, 3.63) is 75.7 Å². The number of aryl methyl sites for hydroxylation is 3. The molecule has 0 amide bonds. The average molecular weight is 395 g/mol. The van der Waals surface area contributed by atoms with Crippen molar-refractivity contribution in [2.75, 3.05) is 0 Å².